The lowest BCUT2D eigenvalue weighted by Crippen LogP contribution is -2.57. The molecule has 136 valence electrons. The third-order valence-electron chi connectivity index (χ3n) is 3.53. The molecule has 1 fully saturated rings. The summed E-state index contributed by atoms with van der Waals surface area (Å²) < 4.78 is 29.3. The maximum Gasteiger partial charge on any atom is 0.537 e. The van der Waals surface area contributed by atoms with Crippen molar-refractivity contribution in [1.29, 1.82) is 0 Å². The van der Waals surface area contributed by atoms with Crippen molar-refractivity contribution in [2.24, 2.45) is 0 Å². The summed E-state index contributed by atoms with van der Waals surface area (Å²) in [6.07, 6.45) is 3.05. The number of hydrogen-bond acceptors (Lipinski definition) is 5. The van der Waals surface area contributed by atoms with Crippen molar-refractivity contribution in [1.82, 2.24) is 0 Å². The fourth-order valence-corrected chi connectivity index (χ4v) is 4.94. The van der Waals surface area contributed by atoms with E-state index in [4.69, 9.17) is 22.8 Å². The van der Waals surface area contributed by atoms with Crippen LogP contribution in [0.4, 0.5) is 0 Å². The zero-order valence-electron chi connectivity index (χ0n) is 15.1. The third kappa shape index (κ3) is 5.86. The average molecular weight is 355 g/mol. The van der Waals surface area contributed by atoms with E-state index in [-0.39, 0.29) is 6.10 Å². The van der Waals surface area contributed by atoms with Crippen LogP contribution in [-0.4, -0.2) is 47.9 Å². The van der Waals surface area contributed by atoms with Gasteiger partial charge in [0, 0.05) is 25.0 Å². The summed E-state index contributed by atoms with van der Waals surface area (Å²) in [4.78, 5) is 0. The van der Waals surface area contributed by atoms with Crippen LogP contribution in [0.15, 0.2) is 24.3 Å². The molecular weight excluding hydrogens is 324 g/mol. The van der Waals surface area contributed by atoms with Crippen LogP contribution in [0.25, 0.3) is 0 Å². The highest BCUT2D eigenvalue weighted by Gasteiger charge is 2.43. The smallest absolute Gasteiger partial charge is 0.491 e. The highest BCUT2D eigenvalue weighted by Crippen LogP contribution is 2.17. The van der Waals surface area contributed by atoms with Gasteiger partial charge >= 0.3 is 8.80 Å². The summed E-state index contributed by atoms with van der Waals surface area (Å²) >= 11 is 0. The Morgan fingerprint density at radius 1 is 0.917 bits per heavy atom. The molecule has 5 nitrogen and oxygen atoms in total. The first-order valence-corrected chi connectivity index (χ1v) is 10.7. The highest BCUT2D eigenvalue weighted by molar-refractivity contribution is 6.75. The number of hydrogen-bond donors (Lipinski definition) is 0. The Kier molecular flexibility index (Phi) is 8.21. The van der Waals surface area contributed by atoms with Gasteiger partial charge in [0.15, 0.2) is 0 Å². The normalized spacial score (nSPS) is 17.0. The molecule has 6 heteroatoms. The van der Waals surface area contributed by atoms with Crippen molar-refractivity contribution in [3.8, 4) is 5.75 Å². The van der Waals surface area contributed by atoms with Gasteiger partial charge in [-0.2, -0.15) is 0 Å². The zero-order chi connectivity index (χ0) is 17.3. The first-order valence-electron chi connectivity index (χ1n) is 9.00. The van der Waals surface area contributed by atoms with Crippen molar-refractivity contribution in [3.05, 3.63) is 24.3 Å². The van der Waals surface area contributed by atoms with E-state index in [2.05, 4.69) is 20.8 Å². The van der Waals surface area contributed by atoms with Gasteiger partial charge < -0.3 is 22.8 Å². The van der Waals surface area contributed by atoms with E-state index in [0.29, 0.717) is 26.4 Å². The second-order valence-corrected chi connectivity index (χ2v) is 8.45. The molecule has 1 aliphatic rings. The first kappa shape index (κ1) is 19.4. The van der Waals surface area contributed by atoms with Gasteiger partial charge in [-0.3, -0.25) is 0 Å². The Balaban J connectivity index is 2.11. The van der Waals surface area contributed by atoms with E-state index in [1.54, 1.807) is 0 Å². The fourth-order valence-electron chi connectivity index (χ4n) is 2.19. The quantitative estimate of drug-likeness (QED) is 0.403. The van der Waals surface area contributed by atoms with E-state index in [1.165, 1.54) is 0 Å². The van der Waals surface area contributed by atoms with Crippen LogP contribution in [-0.2, 0) is 18.0 Å². The summed E-state index contributed by atoms with van der Waals surface area (Å²) in [5, 5.41) is 0.993. The van der Waals surface area contributed by atoms with Gasteiger partial charge in [-0.1, -0.05) is 32.9 Å². The Morgan fingerprint density at radius 2 is 1.42 bits per heavy atom. The molecule has 1 heterocycles. The van der Waals surface area contributed by atoms with Crippen LogP contribution < -0.4 is 9.92 Å². The summed E-state index contributed by atoms with van der Waals surface area (Å²) in [5.74, 6) is 0.832. The molecule has 1 aromatic rings. The maximum absolute atomic E-state index is 6.15. The molecule has 0 spiro atoms. The Morgan fingerprint density at radius 3 is 1.83 bits per heavy atom. The van der Waals surface area contributed by atoms with Gasteiger partial charge in [-0.05, 0) is 31.4 Å². The van der Waals surface area contributed by atoms with Crippen LogP contribution in [0.3, 0.4) is 0 Å². The number of epoxide rings is 1. The number of ether oxygens (including phenoxy) is 2. The molecule has 0 aliphatic carbocycles. The molecule has 1 aliphatic heterocycles. The lowest BCUT2D eigenvalue weighted by atomic mass is 10.3. The average Bonchev–Trinajstić information content (AvgIpc) is 3.45. The van der Waals surface area contributed by atoms with E-state index in [0.717, 1.165) is 36.8 Å². The highest BCUT2D eigenvalue weighted by atomic mass is 28.4. The zero-order valence-corrected chi connectivity index (χ0v) is 16.1. The summed E-state index contributed by atoms with van der Waals surface area (Å²) in [6, 6.07) is 7.94. The van der Waals surface area contributed by atoms with E-state index < -0.39 is 8.80 Å². The van der Waals surface area contributed by atoms with Crippen molar-refractivity contribution < 1.29 is 22.8 Å². The van der Waals surface area contributed by atoms with E-state index in [1.807, 2.05) is 24.3 Å². The molecule has 0 aromatic heterocycles. The van der Waals surface area contributed by atoms with Crippen LogP contribution in [0.5, 0.6) is 5.75 Å². The van der Waals surface area contributed by atoms with Gasteiger partial charge in [-0.15, -0.1) is 0 Å². The molecular formula is C18H30O5Si. The Bertz CT molecular complexity index is 439. The number of benzene rings is 1. The van der Waals surface area contributed by atoms with Crippen molar-refractivity contribution in [2.45, 2.75) is 46.1 Å². The second-order valence-electron chi connectivity index (χ2n) is 5.89. The van der Waals surface area contributed by atoms with Crippen molar-refractivity contribution >= 4 is 14.0 Å². The Hall–Kier alpha value is -0.923. The largest absolute Gasteiger partial charge is 0.537 e. The molecule has 24 heavy (non-hydrogen) atoms. The predicted molar refractivity (Wildman–Crippen MR) is 95.8 cm³/mol. The summed E-state index contributed by atoms with van der Waals surface area (Å²) in [6.45, 7) is 9.59. The minimum atomic E-state index is -2.87. The number of rotatable bonds is 13. The van der Waals surface area contributed by atoms with Crippen LogP contribution in [0.1, 0.15) is 40.0 Å². The minimum Gasteiger partial charge on any atom is -0.491 e. The van der Waals surface area contributed by atoms with Crippen molar-refractivity contribution in [2.75, 3.05) is 33.0 Å². The second kappa shape index (κ2) is 10.2. The SMILES string of the molecule is CCCO[Si](OCCC)(OCCC)c1ccc(OCC2CO2)cc1. The first-order chi connectivity index (χ1) is 11.7. The summed E-state index contributed by atoms with van der Waals surface area (Å²) in [5.41, 5.74) is 0. The molecule has 0 saturated carbocycles. The lowest BCUT2D eigenvalue weighted by Gasteiger charge is -2.29. The molecule has 2 rings (SSSR count). The molecule has 1 aromatic carbocycles. The van der Waals surface area contributed by atoms with Gasteiger partial charge in [0.1, 0.15) is 18.5 Å². The predicted octanol–water partition coefficient (Wildman–Crippen LogP) is 2.89. The van der Waals surface area contributed by atoms with Gasteiger partial charge in [0.05, 0.1) is 6.61 Å². The van der Waals surface area contributed by atoms with Crippen LogP contribution >= 0.6 is 0 Å². The standard InChI is InChI=1S/C18H30O5Si/c1-4-11-21-24(22-12-5-2,23-13-6-3)18-9-7-16(8-10-18)19-14-17-15-20-17/h7-10,17H,4-6,11-15H2,1-3H3. The molecule has 0 N–H and O–H groups in total. The molecule has 0 bridgehead atoms. The monoisotopic (exact) mass is 354 g/mol. The van der Waals surface area contributed by atoms with Crippen LogP contribution in [0, 0.1) is 0 Å². The van der Waals surface area contributed by atoms with E-state index in [9.17, 15) is 0 Å². The van der Waals surface area contributed by atoms with Gasteiger partial charge in [-0.25, -0.2) is 0 Å². The van der Waals surface area contributed by atoms with Crippen molar-refractivity contribution in [3.63, 3.8) is 0 Å². The maximum atomic E-state index is 6.15. The third-order valence-corrected chi connectivity index (χ3v) is 6.33. The summed E-state index contributed by atoms with van der Waals surface area (Å²) in [7, 11) is -2.87. The van der Waals surface area contributed by atoms with E-state index >= 15 is 0 Å². The minimum absolute atomic E-state index is 0.256. The fraction of sp³-hybridized carbons (Fsp3) is 0.667. The van der Waals surface area contributed by atoms with Gasteiger partial charge in [0.2, 0.25) is 0 Å². The molecule has 1 saturated heterocycles. The Labute approximate surface area is 146 Å². The topological polar surface area (TPSA) is 49.5 Å². The molecule has 1 unspecified atom stereocenters. The van der Waals surface area contributed by atoms with Gasteiger partial charge in [0.25, 0.3) is 0 Å². The van der Waals surface area contributed by atoms with Crippen LogP contribution in [0.2, 0.25) is 0 Å². The molecule has 0 amide bonds. The lowest BCUT2D eigenvalue weighted by molar-refractivity contribution is 0.0732. The molecule has 1 atom stereocenters. The molecule has 0 radical (unpaired) electrons.